The molecule has 0 aliphatic heterocycles. The molecule has 25 heavy (non-hydrogen) atoms. The normalized spacial score (nSPS) is 10.4. The van der Waals surface area contributed by atoms with Gasteiger partial charge in [-0.2, -0.15) is 0 Å². The second-order valence-electron chi connectivity index (χ2n) is 5.50. The molecule has 0 aliphatic carbocycles. The predicted molar refractivity (Wildman–Crippen MR) is 93.6 cm³/mol. The van der Waals surface area contributed by atoms with Crippen molar-refractivity contribution in [2.24, 2.45) is 0 Å². The van der Waals surface area contributed by atoms with Crippen molar-refractivity contribution in [2.45, 2.75) is 6.42 Å². The third-order valence-electron chi connectivity index (χ3n) is 3.72. The fourth-order valence-corrected chi connectivity index (χ4v) is 2.52. The SMILES string of the molecule is O=C(COC(=O)Cc1ccccc1F)Nc1cccc2ccccc12. The zero-order valence-corrected chi connectivity index (χ0v) is 13.4. The standard InChI is InChI=1S/C20H16FNO3/c21-17-10-4-2-7-15(17)12-20(24)25-13-19(23)22-18-11-5-8-14-6-1-3-9-16(14)18/h1-11H,12-13H2,(H,22,23). The summed E-state index contributed by atoms with van der Waals surface area (Å²) in [7, 11) is 0. The number of hydrogen-bond donors (Lipinski definition) is 1. The third-order valence-corrected chi connectivity index (χ3v) is 3.72. The van der Waals surface area contributed by atoms with Crippen LogP contribution in [0.15, 0.2) is 66.7 Å². The minimum absolute atomic E-state index is 0.214. The Morgan fingerprint density at radius 1 is 0.920 bits per heavy atom. The van der Waals surface area contributed by atoms with Crippen LogP contribution in [-0.4, -0.2) is 18.5 Å². The maximum absolute atomic E-state index is 13.5. The van der Waals surface area contributed by atoms with E-state index in [2.05, 4.69) is 5.32 Å². The molecule has 1 N–H and O–H groups in total. The lowest BCUT2D eigenvalue weighted by molar-refractivity contribution is -0.146. The molecule has 0 spiro atoms. The summed E-state index contributed by atoms with van der Waals surface area (Å²) in [5.74, 6) is -1.57. The van der Waals surface area contributed by atoms with Crippen molar-refractivity contribution in [1.82, 2.24) is 0 Å². The van der Waals surface area contributed by atoms with Gasteiger partial charge in [-0.05, 0) is 23.1 Å². The summed E-state index contributed by atoms with van der Waals surface area (Å²) in [5.41, 5.74) is 0.884. The first-order chi connectivity index (χ1) is 12.1. The van der Waals surface area contributed by atoms with Crippen LogP contribution < -0.4 is 5.32 Å². The van der Waals surface area contributed by atoms with E-state index in [0.717, 1.165) is 10.8 Å². The molecule has 0 bridgehead atoms. The van der Waals surface area contributed by atoms with Crippen LogP contribution in [0.1, 0.15) is 5.56 Å². The van der Waals surface area contributed by atoms with Gasteiger partial charge >= 0.3 is 5.97 Å². The number of amides is 1. The Bertz CT molecular complexity index is 918. The van der Waals surface area contributed by atoms with E-state index in [-0.39, 0.29) is 12.0 Å². The summed E-state index contributed by atoms with van der Waals surface area (Å²) in [6.45, 7) is -0.420. The number of ether oxygens (including phenoxy) is 1. The van der Waals surface area contributed by atoms with Gasteiger partial charge in [0, 0.05) is 11.1 Å². The molecular weight excluding hydrogens is 321 g/mol. The fraction of sp³-hybridized carbons (Fsp3) is 0.100. The topological polar surface area (TPSA) is 55.4 Å². The van der Waals surface area contributed by atoms with E-state index in [0.29, 0.717) is 5.69 Å². The molecule has 0 saturated carbocycles. The van der Waals surface area contributed by atoms with Crippen LogP contribution >= 0.6 is 0 Å². The molecule has 3 rings (SSSR count). The highest BCUT2D eigenvalue weighted by atomic mass is 19.1. The molecule has 4 nitrogen and oxygen atoms in total. The maximum atomic E-state index is 13.5. The van der Waals surface area contributed by atoms with Gasteiger partial charge in [0.25, 0.3) is 5.91 Å². The summed E-state index contributed by atoms with van der Waals surface area (Å²) in [5, 5.41) is 4.62. The Morgan fingerprint density at radius 3 is 2.48 bits per heavy atom. The van der Waals surface area contributed by atoms with Crippen LogP contribution in [0.5, 0.6) is 0 Å². The minimum atomic E-state index is -0.654. The van der Waals surface area contributed by atoms with Gasteiger partial charge in [-0.25, -0.2) is 4.39 Å². The molecule has 1 amide bonds. The average Bonchev–Trinajstić information content (AvgIpc) is 2.62. The highest BCUT2D eigenvalue weighted by Crippen LogP contribution is 2.22. The van der Waals surface area contributed by atoms with Gasteiger partial charge in [0.15, 0.2) is 6.61 Å². The molecule has 126 valence electrons. The highest BCUT2D eigenvalue weighted by Gasteiger charge is 2.12. The quantitative estimate of drug-likeness (QED) is 0.722. The first-order valence-electron chi connectivity index (χ1n) is 7.80. The molecule has 5 heteroatoms. The predicted octanol–water partition coefficient (Wildman–Crippen LogP) is 3.70. The molecule has 3 aromatic carbocycles. The molecular formula is C20H16FNO3. The molecule has 0 aromatic heterocycles. The lowest BCUT2D eigenvalue weighted by Gasteiger charge is -2.09. The zero-order valence-electron chi connectivity index (χ0n) is 13.4. The smallest absolute Gasteiger partial charge is 0.310 e. The van der Waals surface area contributed by atoms with Crippen LogP contribution in [0.4, 0.5) is 10.1 Å². The van der Waals surface area contributed by atoms with Gasteiger partial charge in [0.1, 0.15) is 5.82 Å². The van der Waals surface area contributed by atoms with Gasteiger partial charge in [0.05, 0.1) is 6.42 Å². The number of esters is 1. The number of carbonyl (C=O) groups is 2. The first-order valence-corrected chi connectivity index (χ1v) is 7.80. The molecule has 0 atom stereocenters. The van der Waals surface area contributed by atoms with Crippen molar-refractivity contribution in [1.29, 1.82) is 0 Å². The number of benzene rings is 3. The van der Waals surface area contributed by atoms with E-state index >= 15 is 0 Å². The van der Waals surface area contributed by atoms with Crippen molar-refractivity contribution in [2.75, 3.05) is 11.9 Å². The summed E-state index contributed by atoms with van der Waals surface area (Å²) < 4.78 is 18.4. The number of hydrogen-bond acceptors (Lipinski definition) is 3. The van der Waals surface area contributed by atoms with Crippen molar-refractivity contribution < 1.29 is 18.7 Å². The third kappa shape index (κ3) is 4.20. The van der Waals surface area contributed by atoms with E-state index < -0.39 is 24.3 Å². The van der Waals surface area contributed by atoms with Crippen molar-refractivity contribution in [3.63, 3.8) is 0 Å². The molecule has 0 fully saturated rings. The summed E-state index contributed by atoms with van der Waals surface area (Å²) in [6.07, 6.45) is -0.214. The number of halogens is 1. The lowest BCUT2D eigenvalue weighted by atomic mass is 10.1. The Kier molecular flexibility index (Phi) is 5.04. The van der Waals surface area contributed by atoms with Crippen molar-refractivity contribution >= 4 is 28.3 Å². The molecule has 0 heterocycles. The minimum Gasteiger partial charge on any atom is -0.455 e. The van der Waals surface area contributed by atoms with Gasteiger partial charge in [-0.15, -0.1) is 0 Å². The van der Waals surface area contributed by atoms with Gasteiger partial charge in [0.2, 0.25) is 0 Å². The Morgan fingerprint density at radius 2 is 1.64 bits per heavy atom. The van der Waals surface area contributed by atoms with Crippen molar-refractivity contribution in [3.05, 3.63) is 78.1 Å². The summed E-state index contributed by atoms with van der Waals surface area (Å²) in [4.78, 5) is 23.8. The number of rotatable bonds is 5. The molecule has 0 aliphatic rings. The number of carbonyl (C=O) groups excluding carboxylic acids is 2. The van der Waals surface area contributed by atoms with E-state index in [1.54, 1.807) is 18.2 Å². The largest absolute Gasteiger partial charge is 0.455 e. The van der Waals surface area contributed by atoms with Crippen LogP contribution in [0, 0.1) is 5.82 Å². The number of fused-ring (bicyclic) bond motifs is 1. The summed E-state index contributed by atoms with van der Waals surface area (Å²) >= 11 is 0. The average molecular weight is 337 g/mol. The van der Waals surface area contributed by atoms with Crippen LogP contribution in [-0.2, 0) is 20.7 Å². The Balaban J connectivity index is 1.57. The van der Waals surface area contributed by atoms with Gasteiger partial charge in [-0.1, -0.05) is 54.6 Å². The van der Waals surface area contributed by atoms with Crippen molar-refractivity contribution in [3.8, 4) is 0 Å². The van der Waals surface area contributed by atoms with Gasteiger partial charge < -0.3 is 10.1 Å². The van der Waals surface area contributed by atoms with Gasteiger partial charge in [-0.3, -0.25) is 9.59 Å². The highest BCUT2D eigenvalue weighted by molar-refractivity contribution is 6.02. The number of anilines is 1. The van der Waals surface area contributed by atoms with E-state index in [4.69, 9.17) is 4.74 Å². The summed E-state index contributed by atoms with van der Waals surface area (Å²) in [6, 6.07) is 19.2. The molecule has 0 unspecified atom stereocenters. The lowest BCUT2D eigenvalue weighted by Crippen LogP contribution is -2.22. The first kappa shape index (κ1) is 16.6. The second-order valence-corrected chi connectivity index (χ2v) is 5.50. The van der Waals surface area contributed by atoms with Crippen LogP contribution in [0.3, 0.4) is 0 Å². The van der Waals surface area contributed by atoms with E-state index in [1.807, 2.05) is 36.4 Å². The van der Waals surface area contributed by atoms with Crippen LogP contribution in [0.2, 0.25) is 0 Å². The maximum Gasteiger partial charge on any atom is 0.310 e. The Labute approximate surface area is 144 Å². The monoisotopic (exact) mass is 337 g/mol. The fourth-order valence-electron chi connectivity index (χ4n) is 2.52. The number of nitrogens with one attached hydrogen (secondary N) is 1. The molecule has 0 saturated heterocycles. The van der Waals surface area contributed by atoms with Crippen LogP contribution in [0.25, 0.3) is 10.8 Å². The Hall–Kier alpha value is -3.21. The molecule has 0 radical (unpaired) electrons. The van der Waals surface area contributed by atoms with E-state index in [1.165, 1.54) is 12.1 Å². The molecule has 3 aromatic rings. The zero-order chi connectivity index (χ0) is 17.6. The van der Waals surface area contributed by atoms with E-state index in [9.17, 15) is 14.0 Å². The second kappa shape index (κ2) is 7.57.